The minimum atomic E-state index is 0.436. The van der Waals surface area contributed by atoms with E-state index in [1.54, 1.807) is 14.2 Å². The molecule has 0 radical (unpaired) electrons. The molecule has 1 aromatic heterocycles. The molecule has 0 bridgehead atoms. The third-order valence-corrected chi connectivity index (χ3v) is 3.91. The van der Waals surface area contributed by atoms with Crippen LogP contribution in [0.25, 0.3) is 0 Å². The molecule has 0 aliphatic heterocycles. The molecule has 0 aliphatic rings. The molecule has 0 saturated heterocycles. The van der Waals surface area contributed by atoms with Crippen LogP contribution >= 0.6 is 0 Å². The fourth-order valence-electron chi connectivity index (χ4n) is 2.61. The van der Waals surface area contributed by atoms with E-state index in [2.05, 4.69) is 22.3 Å². The van der Waals surface area contributed by atoms with Crippen LogP contribution in [-0.2, 0) is 26.4 Å². The van der Waals surface area contributed by atoms with Gasteiger partial charge in [-0.3, -0.25) is 4.68 Å². The lowest BCUT2D eigenvalue weighted by Gasteiger charge is -2.10. The van der Waals surface area contributed by atoms with Crippen molar-refractivity contribution in [3.05, 3.63) is 41.2 Å². The standard InChI is InChI=1S/C18H27N5O2/c1-5-15-14(12-23(2)22-15)11-21-18(19)20-9-8-13-6-7-16(24-3)17(10-13)25-4/h6-7,10,12H,5,8-9,11H2,1-4H3,(H3,19,20,21). The Hall–Kier alpha value is -2.70. The van der Waals surface area contributed by atoms with Gasteiger partial charge >= 0.3 is 0 Å². The van der Waals surface area contributed by atoms with E-state index in [1.807, 2.05) is 36.1 Å². The number of guanidine groups is 1. The lowest BCUT2D eigenvalue weighted by atomic mass is 10.1. The Labute approximate surface area is 148 Å². The van der Waals surface area contributed by atoms with E-state index in [-0.39, 0.29) is 0 Å². The number of rotatable bonds is 8. The van der Waals surface area contributed by atoms with Crippen LogP contribution in [0.2, 0.25) is 0 Å². The second-order valence-corrected chi connectivity index (χ2v) is 5.70. The summed E-state index contributed by atoms with van der Waals surface area (Å²) in [5, 5.41) is 7.54. The van der Waals surface area contributed by atoms with Gasteiger partial charge in [0.25, 0.3) is 0 Å². The van der Waals surface area contributed by atoms with E-state index in [1.165, 1.54) is 0 Å². The van der Waals surface area contributed by atoms with Crippen LogP contribution in [0.15, 0.2) is 29.4 Å². The number of ether oxygens (including phenoxy) is 2. The normalized spacial score (nSPS) is 11.4. The van der Waals surface area contributed by atoms with Gasteiger partial charge in [0.2, 0.25) is 0 Å². The van der Waals surface area contributed by atoms with Gasteiger partial charge in [0.15, 0.2) is 17.5 Å². The van der Waals surface area contributed by atoms with E-state index in [9.17, 15) is 0 Å². The highest BCUT2D eigenvalue weighted by molar-refractivity contribution is 5.77. The second kappa shape index (κ2) is 8.96. The van der Waals surface area contributed by atoms with E-state index >= 15 is 0 Å². The van der Waals surface area contributed by atoms with Gasteiger partial charge in [0.1, 0.15) is 0 Å². The molecule has 0 fully saturated rings. The minimum Gasteiger partial charge on any atom is -0.493 e. The maximum atomic E-state index is 5.95. The molecule has 25 heavy (non-hydrogen) atoms. The number of hydrogen-bond acceptors (Lipinski definition) is 4. The summed E-state index contributed by atoms with van der Waals surface area (Å²) in [6.45, 7) is 3.31. The number of benzene rings is 1. The van der Waals surface area contributed by atoms with Gasteiger partial charge in [-0.25, -0.2) is 4.99 Å². The van der Waals surface area contributed by atoms with Crippen molar-refractivity contribution >= 4 is 5.96 Å². The Bertz CT molecular complexity index is 724. The highest BCUT2D eigenvalue weighted by atomic mass is 16.5. The van der Waals surface area contributed by atoms with Crippen molar-refractivity contribution in [2.45, 2.75) is 26.3 Å². The minimum absolute atomic E-state index is 0.436. The van der Waals surface area contributed by atoms with Crippen LogP contribution in [0.4, 0.5) is 0 Å². The highest BCUT2D eigenvalue weighted by Gasteiger charge is 2.06. The molecule has 0 unspecified atom stereocenters. The van der Waals surface area contributed by atoms with Gasteiger partial charge in [0.05, 0.1) is 26.5 Å². The molecule has 2 rings (SSSR count). The molecule has 0 amide bonds. The zero-order chi connectivity index (χ0) is 18.2. The molecule has 1 aromatic carbocycles. The van der Waals surface area contributed by atoms with Crippen molar-refractivity contribution in [3.8, 4) is 11.5 Å². The van der Waals surface area contributed by atoms with E-state index in [0.717, 1.165) is 41.2 Å². The number of nitrogens with one attached hydrogen (secondary N) is 1. The average molecular weight is 345 g/mol. The lowest BCUT2D eigenvalue weighted by Crippen LogP contribution is -2.33. The Balaban J connectivity index is 1.86. The first kappa shape index (κ1) is 18.6. The van der Waals surface area contributed by atoms with Gasteiger partial charge in [0, 0.05) is 25.4 Å². The zero-order valence-electron chi connectivity index (χ0n) is 15.4. The Morgan fingerprint density at radius 1 is 1.28 bits per heavy atom. The highest BCUT2D eigenvalue weighted by Crippen LogP contribution is 2.27. The number of nitrogens with two attached hydrogens (primary N) is 1. The van der Waals surface area contributed by atoms with Crippen LogP contribution in [-0.4, -0.2) is 36.5 Å². The summed E-state index contributed by atoms with van der Waals surface area (Å²) in [6.07, 6.45) is 3.68. The molecule has 7 nitrogen and oxygen atoms in total. The summed E-state index contributed by atoms with van der Waals surface area (Å²) >= 11 is 0. The SMILES string of the molecule is CCc1nn(C)cc1CN=C(N)NCCc1ccc(OC)c(OC)c1. The third kappa shape index (κ3) is 5.14. The number of hydrogen-bond donors (Lipinski definition) is 2. The van der Waals surface area contributed by atoms with Crippen molar-refractivity contribution in [2.75, 3.05) is 20.8 Å². The van der Waals surface area contributed by atoms with Crippen LogP contribution in [0, 0.1) is 0 Å². The maximum absolute atomic E-state index is 5.95. The molecule has 0 saturated carbocycles. The molecular weight excluding hydrogens is 318 g/mol. The number of aryl methyl sites for hydroxylation is 2. The Morgan fingerprint density at radius 3 is 2.72 bits per heavy atom. The second-order valence-electron chi connectivity index (χ2n) is 5.70. The summed E-state index contributed by atoms with van der Waals surface area (Å²) in [5.41, 5.74) is 9.26. The molecule has 136 valence electrons. The van der Waals surface area contributed by atoms with Crippen LogP contribution in [0.5, 0.6) is 11.5 Å². The predicted molar refractivity (Wildman–Crippen MR) is 99.2 cm³/mol. The van der Waals surface area contributed by atoms with Crippen molar-refractivity contribution < 1.29 is 9.47 Å². The molecule has 1 heterocycles. The third-order valence-electron chi connectivity index (χ3n) is 3.91. The van der Waals surface area contributed by atoms with Crippen molar-refractivity contribution in [3.63, 3.8) is 0 Å². The van der Waals surface area contributed by atoms with E-state index in [0.29, 0.717) is 19.0 Å². The zero-order valence-corrected chi connectivity index (χ0v) is 15.4. The summed E-state index contributed by atoms with van der Waals surface area (Å²) < 4.78 is 12.4. The van der Waals surface area contributed by atoms with Crippen LogP contribution < -0.4 is 20.5 Å². The smallest absolute Gasteiger partial charge is 0.188 e. The van der Waals surface area contributed by atoms with Gasteiger partial charge in [-0.05, 0) is 30.5 Å². The number of methoxy groups -OCH3 is 2. The van der Waals surface area contributed by atoms with Crippen LogP contribution in [0.1, 0.15) is 23.7 Å². The fraction of sp³-hybridized carbons (Fsp3) is 0.444. The van der Waals surface area contributed by atoms with Crippen molar-refractivity contribution in [1.29, 1.82) is 0 Å². The number of aliphatic imine (C=N–C) groups is 1. The molecule has 0 aliphatic carbocycles. The van der Waals surface area contributed by atoms with Gasteiger partial charge in [-0.15, -0.1) is 0 Å². The topological polar surface area (TPSA) is 86.7 Å². The molecular formula is C18H27N5O2. The molecule has 0 atom stereocenters. The lowest BCUT2D eigenvalue weighted by molar-refractivity contribution is 0.354. The van der Waals surface area contributed by atoms with E-state index < -0.39 is 0 Å². The number of aromatic nitrogens is 2. The van der Waals surface area contributed by atoms with E-state index in [4.69, 9.17) is 15.2 Å². The quantitative estimate of drug-likeness (QED) is 0.561. The average Bonchev–Trinajstić information content (AvgIpc) is 2.99. The molecule has 7 heteroatoms. The molecule has 2 aromatic rings. The summed E-state index contributed by atoms with van der Waals surface area (Å²) in [5.74, 6) is 1.89. The summed E-state index contributed by atoms with van der Waals surface area (Å²) in [7, 11) is 5.17. The Kier molecular flexibility index (Phi) is 6.68. The maximum Gasteiger partial charge on any atom is 0.188 e. The summed E-state index contributed by atoms with van der Waals surface area (Å²) in [6, 6.07) is 5.89. The first-order chi connectivity index (χ1) is 12.1. The molecule has 3 N–H and O–H groups in total. The largest absolute Gasteiger partial charge is 0.493 e. The first-order valence-corrected chi connectivity index (χ1v) is 8.33. The monoisotopic (exact) mass is 345 g/mol. The predicted octanol–water partition coefficient (Wildman–Crippen LogP) is 1.65. The van der Waals surface area contributed by atoms with Gasteiger partial charge in [-0.2, -0.15) is 5.10 Å². The Morgan fingerprint density at radius 2 is 2.04 bits per heavy atom. The molecule has 0 spiro atoms. The first-order valence-electron chi connectivity index (χ1n) is 8.33. The fourth-order valence-corrected chi connectivity index (χ4v) is 2.61. The van der Waals surface area contributed by atoms with Crippen molar-refractivity contribution in [1.82, 2.24) is 15.1 Å². The van der Waals surface area contributed by atoms with Gasteiger partial charge < -0.3 is 20.5 Å². The van der Waals surface area contributed by atoms with Crippen LogP contribution in [0.3, 0.4) is 0 Å². The van der Waals surface area contributed by atoms with Crippen molar-refractivity contribution in [2.24, 2.45) is 17.8 Å². The van der Waals surface area contributed by atoms with Gasteiger partial charge in [-0.1, -0.05) is 13.0 Å². The number of nitrogens with zero attached hydrogens (tertiary/aromatic N) is 3. The summed E-state index contributed by atoms with van der Waals surface area (Å²) in [4.78, 5) is 4.39.